The first-order valence-corrected chi connectivity index (χ1v) is 9.75. The van der Waals surface area contributed by atoms with Crippen molar-refractivity contribution in [3.8, 4) is 0 Å². The van der Waals surface area contributed by atoms with Gasteiger partial charge in [-0.2, -0.15) is 13.2 Å². The lowest BCUT2D eigenvalue weighted by atomic mass is 10.1. The summed E-state index contributed by atoms with van der Waals surface area (Å²) in [5.41, 5.74) is 0.0628. The van der Waals surface area contributed by atoms with Crippen LogP contribution in [0.15, 0.2) is 29.4 Å². The van der Waals surface area contributed by atoms with E-state index in [0.29, 0.717) is 24.2 Å². The Hall–Kier alpha value is -2.10. The number of tetrazole rings is 1. The zero-order chi connectivity index (χ0) is 19.3. The van der Waals surface area contributed by atoms with Crippen molar-refractivity contribution in [1.29, 1.82) is 0 Å². The second kappa shape index (κ2) is 8.73. The average molecular weight is 399 g/mol. The molecule has 27 heavy (non-hydrogen) atoms. The highest BCUT2D eigenvalue weighted by Crippen LogP contribution is 2.31. The number of carbonyl (C=O) groups is 1. The third-order valence-electron chi connectivity index (χ3n) is 4.48. The van der Waals surface area contributed by atoms with E-state index < -0.39 is 11.7 Å². The summed E-state index contributed by atoms with van der Waals surface area (Å²) in [7, 11) is 0. The van der Waals surface area contributed by atoms with Crippen molar-refractivity contribution < 1.29 is 18.0 Å². The molecule has 1 aromatic carbocycles. The van der Waals surface area contributed by atoms with Crippen molar-refractivity contribution in [3.05, 3.63) is 35.4 Å². The van der Waals surface area contributed by atoms with Crippen LogP contribution >= 0.6 is 11.8 Å². The van der Waals surface area contributed by atoms with Crippen LogP contribution in [0.25, 0.3) is 0 Å². The van der Waals surface area contributed by atoms with E-state index in [2.05, 4.69) is 20.8 Å². The molecule has 1 N–H and O–H groups in total. The van der Waals surface area contributed by atoms with Gasteiger partial charge in [0, 0.05) is 6.54 Å². The molecule has 1 heterocycles. The Morgan fingerprint density at radius 2 is 1.93 bits per heavy atom. The van der Waals surface area contributed by atoms with E-state index in [4.69, 9.17) is 0 Å². The summed E-state index contributed by atoms with van der Waals surface area (Å²) in [6.45, 7) is 0.359. The van der Waals surface area contributed by atoms with E-state index >= 15 is 0 Å². The van der Waals surface area contributed by atoms with Crippen LogP contribution in [0.5, 0.6) is 0 Å². The van der Waals surface area contributed by atoms with Crippen molar-refractivity contribution in [1.82, 2.24) is 25.5 Å². The summed E-state index contributed by atoms with van der Waals surface area (Å²) in [5, 5.41) is 15.1. The second-order valence-corrected chi connectivity index (χ2v) is 7.37. The van der Waals surface area contributed by atoms with E-state index in [1.807, 2.05) is 0 Å². The molecule has 0 saturated heterocycles. The molecule has 3 rings (SSSR count). The van der Waals surface area contributed by atoms with Crippen molar-refractivity contribution in [3.63, 3.8) is 0 Å². The fraction of sp³-hybridized carbons (Fsp3) is 0.529. The molecular formula is C17H20F3N5OS. The number of hydrogen-bond donors (Lipinski definition) is 1. The summed E-state index contributed by atoms with van der Waals surface area (Å²) in [6.07, 6.45) is 0.570. The molecule has 6 nitrogen and oxygen atoms in total. The Morgan fingerprint density at radius 3 is 2.59 bits per heavy atom. The van der Waals surface area contributed by atoms with Gasteiger partial charge in [-0.3, -0.25) is 4.79 Å². The summed E-state index contributed by atoms with van der Waals surface area (Å²) in [5.74, 6) is 0.0352. The van der Waals surface area contributed by atoms with E-state index in [9.17, 15) is 18.0 Å². The first kappa shape index (κ1) is 19.7. The number of alkyl halides is 3. The largest absolute Gasteiger partial charge is 0.416 e. The maximum atomic E-state index is 12.5. The number of benzene rings is 1. The van der Waals surface area contributed by atoms with Gasteiger partial charge in [0.25, 0.3) is 0 Å². The Labute approximate surface area is 158 Å². The molecule has 0 spiro atoms. The number of rotatable bonds is 7. The molecule has 0 aliphatic heterocycles. The number of carbonyl (C=O) groups excluding carboxylic acids is 1. The lowest BCUT2D eigenvalue weighted by Crippen LogP contribution is -2.27. The Kier molecular flexibility index (Phi) is 6.35. The molecule has 2 aromatic rings. The molecule has 10 heteroatoms. The van der Waals surface area contributed by atoms with Gasteiger partial charge in [0.1, 0.15) is 0 Å². The van der Waals surface area contributed by atoms with Gasteiger partial charge in [-0.15, -0.1) is 5.10 Å². The van der Waals surface area contributed by atoms with Gasteiger partial charge in [-0.05, 0) is 47.4 Å². The molecule has 0 radical (unpaired) electrons. The van der Waals surface area contributed by atoms with Gasteiger partial charge in [0.05, 0.1) is 17.4 Å². The second-order valence-electron chi connectivity index (χ2n) is 6.43. The first-order valence-electron chi connectivity index (χ1n) is 8.77. The van der Waals surface area contributed by atoms with Crippen LogP contribution < -0.4 is 5.32 Å². The molecular weight excluding hydrogens is 379 g/mol. The summed E-state index contributed by atoms with van der Waals surface area (Å²) < 4.78 is 39.4. The lowest BCUT2D eigenvalue weighted by molar-refractivity contribution is -0.137. The molecule has 0 atom stereocenters. The maximum Gasteiger partial charge on any atom is 0.416 e. The standard InChI is InChI=1S/C17H20F3N5OS/c18-17(19,20)13-7-5-12(6-8-13)9-10-21-15(26)11-27-16-22-23-24-25(16)14-3-1-2-4-14/h5-8,14H,1-4,9-11H2,(H,21,26). The predicted molar refractivity (Wildman–Crippen MR) is 94.2 cm³/mol. The van der Waals surface area contributed by atoms with Gasteiger partial charge in [0.2, 0.25) is 11.1 Å². The molecule has 1 amide bonds. The first-order chi connectivity index (χ1) is 12.9. The zero-order valence-electron chi connectivity index (χ0n) is 14.6. The highest BCUT2D eigenvalue weighted by molar-refractivity contribution is 7.99. The normalized spacial score (nSPS) is 15.2. The van der Waals surface area contributed by atoms with Crippen molar-refractivity contribution in [2.75, 3.05) is 12.3 Å². The number of halogens is 3. The smallest absolute Gasteiger partial charge is 0.355 e. The van der Waals surface area contributed by atoms with Gasteiger partial charge in [-0.1, -0.05) is 36.7 Å². The molecule has 1 saturated carbocycles. The average Bonchev–Trinajstić information content (AvgIpc) is 3.31. The number of amides is 1. The highest BCUT2D eigenvalue weighted by Gasteiger charge is 2.29. The minimum atomic E-state index is -4.34. The minimum absolute atomic E-state index is 0.159. The van der Waals surface area contributed by atoms with E-state index in [-0.39, 0.29) is 11.7 Å². The Morgan fingerprint density at radius 1 is 1.22 bits per heavy atom. The molecule has 0 bridgehead atoms. The molecule has 146 valence electrons. The Balaban J connectivity index is 1.41. The fourth-order valence-electron chi connectivity index (χ4n) is 3.05. The topological polar surface area (TPSA) is 72.7 Å². The maximum absolute atomic E-state index is 12.5. The lowest BCUT2D eigenvalue weighted by Gasteiger charge is -2.11. The summed E-state index contributed by atoms with van der Waals surface area (Å²) in [6, 6.07) is 5.27. The van der Waals surface area contributed by atoms with Crippen molar-refractivity contribution in [2.45, 2.75) is 49.5 Å². The van der Waals surface area contributed by atoms with Gasteiger partial charge in [-0.25, -0.2) is 4.68 Å². The van der Waals surface area contributed by atoms with Crippen LogP contribution in [0, 0.1) is 0 Å². The van der Waals surface area contributed by atoms with E-state index in [0.717, 1.165) is 30.5 Å². The number of hydrogen-bond acceptors (Lipinski definition) is 5. The van der Waals surface area contributed by atoms with Crippen LogP contribution in [-0.4, -0.2) is 38.4 Å². The minimum Gasteiger partial charge on any atom is -0.355 e. The SMILES string of the molecule is O=C(CSc1nnnn1C1CCCC1)NCCc1ccc(C(F)(F)F)cc1. The Bertz CT molecular complexity index is 757. The van der Waals surface area contributed by atoms with Crippen LogP contribution in [-0.2, 0) is 17.4 Å². The number of nitrogens with one attached hydrogen (secondary N) is 1. The van der Waals surface area contributed by atoms with Gasteiger partial charge < -0.3 is 5.32 Å². The third kappa shape index (κ3) is 5.44. The van der Waals surface area contributed by atoms with E-state index in [1.54, 1.807) is 4.68 Å². The van der Waals surface area contributed by atoms with Crippen LogP contribution in [0.2, 0.25) is 0 Å². The number of aromatic nitrogens is 4. The molecule has 1 aliphatic carbocycles. The molecule has 1 fully saturated rings. The zero-order valence-corrected chi connectivity index (χ0v) is 15.4. The monoisotopic (exact) mass is 399 g/mol. The fourth-order valence-corrected chi connectivity index (χ4v) is 3.82. The van der Waals surface area contributed by atoms with Crippen molar-refractivity contribution >= 4 is 17.7 Å². The third-order valence-corrected chi connectivity index (χ3v) is 5.42. The number of nitrogens with zero attached hydrogens (tertiary/aromatic N) is 4. The molecule has 1 aliphatic rings. The summed E-state index contributed by atoms with van der Waals surface area (Å²) in [4.78, 5) is 12.0. The van der Waals surface area contributed by atoms with Crippen LogP contribution in [0.1, 0.15) is 42.9 Å². The van der Waals surface area contributed by atoms with Gasteiger partial charge >= 0.3 is 6.18 Å². The van der Waals surface area contributed by atoms with Crippen LogP contribution in [0.4, 0.5) is 13.2 Å². The van der Waals surface area contributed by atoms with Gasteiger partial charge in [0.15, 0.2) is 0 Å². The molecule has 1 aromatic heterocycles. The molecule has 0 unspecified atom stereocenters. The highest BCUT2D eigenvalue weighted by atomic mass is 32.2. The van der Waals surface area contributed by atoms with Crippen LogP contribution in [0.3, 0.4) is 0 Å². The number of thioether (sulfide) groups is 1. The quantitative estimate of drug-likeness (QED) is 0.724. The summed E-state index contributed by atoms with van der Waals surface area (Å²) >= 11 is 1.29. The van der Waals surface area contributed by atoms with E-state index in [1.165, 1.54) is 36.7 Å². The predicted octanol–water partition coefficient (Wildman–Crippen LogP) is 3.26. The van der Waals surface area contributed by atoms with Crippen molar-refractivity contribution in [2.24, 2.45) is 0 Å².